The number of rotatable bonds is 6. The van der Waals surface area contributed by atoms with E-state index in [0.29, 0.717) is 18.1 Å². The fourth-order valence-electron chi connectivity index (χ4n) is 3.49. The number of aryl methyl sites for hydroxylation is 2. The molecule has 1 aromatic carbocycles. The molecule has 1 fully saturated rings. The van der Waals surface area contributed by atoms with E-state index >= 15 is 0 Å². The van der Waals surface area contributed by atoms with Crippen LogP contribution in [0.25, 0.3) is 0 Å². The molecule has 1 saturated heterocycles. The van der Waals surface area contributed by atoms with E-state index in [2.05, 4.69) is 46.5 Å². The largest absolute Gasteiger partial charge is 0.360 e. The van der Waals surface area contributed by atoms with E-state index in [1.54, 1.807) is 14.0 Å². The Morgan fingerprint density at radius 2 is 1.85 bits per heavy atom. The zero-order chi connectivity index (χ0) is 18.7. The standard InChI is InChI=1S/C19H27N5O2/c1-14-8-10-23(11-9-14)13-17-6-4-16(5-7-17)12-20-19-18(24(25)26)15(2)21-22(19)3/h4-7,14,20H,8-13H2,1-3H3. The van der Waals surface area contributed by atoms with Gasteiger partial charge in [0.25, 0.3) is 0 Å². The third kappa shape index (κ3) is 4.22. The molecule has 26 heavy (non-hydrogen) atoms. The zero-order valence-electron chi connectivity index (χ0n) is 15.7. The molecule has 2 heterocycles. The molecule has 0 radical (unpaired) electrons. The summed E-state index contributed by atoms with van der Waals surface area (Å²) in [4.78, 5) is 13.4. The summed E-state index contributed by atoms with van der Waals surface area (Å²) in [5.74, 6) is 1.29. The fourth-order valence-corrected chi connectivity index (χ4v) is 3.49. The number of nitro groups is 1. The zero-order valence-corrected chi connectivity index (χ0v) is 15.7. The molecular weight excluding hydrogens is 330 g/mol. The molecule has 2 aromatic rings. The number of nitrogens with zero attached hydrogens (tertiary/aromatic N) is 4. The highest BCUT2D eigenvalue weighted by Crippen LogP contribution is 2.27. The molecule has 7 heteroatoms. The van der Waals surface area contributed by atoms with Crippen molar-refractivity contribution in [1.82, 2.24) is 14.7 Å². The van der Waals surface area contributed by atoms with Crippen molar-refractivity contribution < 1.29 is 4.92 Å². The van der Waals surface area contributed by atoms with Crippen LogP contribution in [0.5, 0.6) is 0 Å². The van der Waals surface area contributed by atoms with Crippen LogP contribution in [0.15, 0.2) is 24.3 Å². The Labute approximate surface area is 154 Å². The van der Waals surface area contributed by atoms with Crippen LogP contribution in [0.2, 0.25) is 0 Å². The van der Waals surface area contributed by atoms with Gasteiger partial charge in [-0.25, -0.2) is 4.68 Å². The van der Waals surface area contributed by atoms with Gasteiger partial charge in [-0.15, -0.1) is 0 Å². The predicted molar refractivity (Wildman–Crippen MR) is 102 cm³/mol. The van der Waals surface area contributed by atoms with Gasteiger partial charge in [0.2, 0.25) is 5.82 Å². The van der Waals surface area contributed by atoms with E-state index in [9.17, 15) is 10.1 Å². The summed E-state index contributed by atoms with van der Waals surface area (Å²) in [6.07, 6.45) is 2.57. The maximum atomic E-state index is 11.2. The summed E-state index contributed by atoms with van der Waals surface area (Å²) >= 11 is 0. The van der Waals surface area contributed by atoms with Gasteiger partial charge in [0, 0.05) is 20.1 Å². The lowest BCUT2D eigenvalue weighted by Gasteiger charge is -2.30. The van der Waals surface area contributed by atoms with Crippen molar-refractivity contribution in [2.75, 3.05) is 18.4 Å². The van der Waals surface area contributed by atoms with Crippen LogP contribution in [0.4, 0.5) is 11.5 Å². The SMILES string of the molecule is Cc1nn(C)c(NCc2ccc(CN3CCC(C)CC3)cc2)c1[N+](=O)[O-]. The maximum absolute atomic E-state index is 11.2. The number of aromatic nitrogens is 2. The summed E-state index contributed by atoms with van der Waals surface area (Å²) in [5, 5.41) is 18.5. The van der Waals surface area contributed by atoms with Crippen LogP contribution >= 0.6 is 0 Å². The number of benzene rings is 1. The van der Waals surface area contributed by atoms with E-state index in [1.165, 1.54) is 36.2 Å². The first-order valence-electron chi connectivity index (χ1n) is 9.16. The van der Waals surface area contributed by atoms with Gasteiger partial charge in [-0.05, 0) is 49.9 Å². The molecule has 1 aliphatic rings. The lowest BCUT2D eigenvalue weighted by molar-refractivity contribution is -0.384. The van der Waals surface area contributed by atoms with Gasteiger partial charge < -0.3 is 5.32 Å². The number of hydrogen-bond acceptors (Lipinski definition) is 5. The summed E-state index contributed by atoms with van der Waals surface area (Å²) in [5.41, 5.74) is 2.87. The molecule has 1 aromatic heterocycles. The Balaban J connectivity index is 1.59. The van der Waals surface area contributed by atoms with Crippen LogP contribution in [0, 0.1) is 23.0 Å². The Bertz CT molecular complexity index is 761. The van der Waals surface area contributed by atoms with E-state index in [0.717, 1.165) is 18.0 Å². The highest BCUT2D eigenvalue weighted by Gasteiger charge is 2.23. The van der Waals surface area contributed by atoms with Crippen LogP contribution in [0.3, 0.4) is 0 Å². The van der Waals surface area contributed by atoms with Gasteiger partial charge in [-0.2, -0.15) is 5.10 Å². The Hall–Kier alpha value is -2.41. The van der Waals surface area contributed by atoms with Crippen LogP contribution in [-0.2, 0) is 20.1 Å². The Morgan fingerprint density at radius 3 is 2.46 bits per heavy atom. The summed E-state index contributed by atoms with van der Waals surface area (Å²) in [6.45, 7) is 7.85. The third-order valence-corrected chi connectivity index (χ3v) is 5.14. The van der Waals surface area contributed by atoms with E-state index in [4.69, 9.17) is 0 Å². The van der Waals surface area contributed by atoms with Crippen molar-refractivity contribution in [2.45, 2.75) is 39.8 Å². The highest BCUT2D eigenvalue weighted by atomic mass is 16.6. The molecule has 0 saturated carbocycles. The summed E-state index contributed by atoms with van der Waals surface area (Å²) in [6, 6.07) is 8.48. The first-order valence-corrected chi connectivity index (χ1v) is 9.16. The second-order valence-corrected chi connectivity index (χ2v) is 7.29. The number of nitrogens with one attached hydrogen (secondary N) is 1. The topological polar surface area (TPSA) is 76.2 Å². The highest BCUT2D eigenvalue weighted by molar-refractivity contribution is 5.59. The molecule has 0 spiro atoms. The molecule has 3 rings (SSSR count). The van der Waals surface area contributed by atoms with E-state index in [1.807, 2.05) is 0 Å². The van der Waals surface area contributed by atoms with Crippen molar-refractivity contribution in [1.29, 1.82) is 0 Å². The quantitative estimate of drug-likeness (QED) is 0.633. The smallest absolute Gasteiger partial charge is 0.333 e. The first kappa shape index (κ1) is 18.4. The summed E-state index contributed by atoms with van der Waals surface area (Å²) < 4.78 is 1.53. The van der Waals surface area contributed by atoms with Gasteiger partial charge in [0.05, 0.1) is 4.92 Å². The minimum atomic E-state index is -0.382. The molecule has 0 aliphatic carbocycles. The molecule has 0 bridgehead atoms. The van der Waals surface area contributed by atoms with Crippen LogP contribution in [-0.4, -0.2) is 32.7 Å². The summed E-state index contributed by atoms with van der Waals surface area (Å²) in [7, 11) is 1.71. The normalized spacial score (nSPS) is 16.0. The average Bonchev–Trinajstić information content (AvgIpc) is 2.90. The molecule has 1 aliphatic heterocycles. The molecule has 7 nitrogen and oxygen atoms in total. The van der Waals surface area contributed by atoms with Crippen LogP contribution < -0.4 is 5.32 Å². The molecular formula is C19H27N5O2. The average molecular weight is 357 g/mol. The molecule has 0 unspecified atom stereocenters. The van der Waals surface area contributed by atoms with Gasteiger partial charge in [0.15, 0.2) is 0 Å². The van der Waals surface area contributed by atoms with E-state index in [-0.39, 0.29) is 10.6 Å². The Morgan fingerprint density at radius 1 is 1.23 bits per heavy atom. The predicted octanol–water partition coefficient (Wildman–Crippen LogP) is 3.48. The van der Waals surface area contributed by atoms with Crippen molar-refractivity contribution in [3.63, 3.8) is 0 Å². The Kier molecular flexibility index (Phi) is 5.56. The number of hydrogen-bond donors (Lipinski definition) is 1. The molecule has 1 N–H and O–H groups in total. The molecule has 140 valence electrons. The minimum Gasteiger partial charge on any atom is -0.360 e. The van der Waals surface area contributed by atoms with Crippen molar-refractivity contribution >= 4 is 11.5 Å². The third-order valence-electron chi connectivity index (χ3n) is 5.14. The maximum Gasteiger partial charge on any atom is 0.333 e. The number of piperidine rings is 1. The lowest BCUT2D eigenvalue weighted by Crippen LogP contribution is -2.32. The van der Waals surface area contributed by atoms with E-state index < -0.39 is 0 Å². The molecule has 0 amide bonds. The van der Waals surface area contributed by atoms with Crippen molar-refractivity contribution in [3.8, 4) is 0 Å². The fraction of sp³-hybridized carbons (Fsp3) is 0.526. The number of likely N-dealkylation sites (tertiary alicyclic amines) is 1. The second kappa shape index (κ2) is 7.86. The minimum absolute atomic E-state index is 0.0449. The lowest BCUT2D eigenvalue weighted by atomic mass is 9.99. The molecule has 0 atom stereocenters. The number of anilines is 1. The van der Waals surface area contributed by atoms with Gasteiger partial charge in [-0.1, -0.05) is 31.2 Å². The van der Waals surface area contributed by atoms with Crippen molar-refractivity contribution in [3.05, 3.63) is 51.2 Å². The first-order chi connectivity index (χ1) is 12.4. The van der Waals surface area contributed by atoms with Crippen LogP contribution in [0.1, 0.15) is 36.6 Å². The van der Waals surface area contributed by atoms with Gasteiger partial charge in [0.1, 0.15) is 5.69 Å². The van der Waals surface area contributed by atoms with Crippen molar-refractivity contribution in [2.24, 2.45) is 13.0 Å². The monoisotopic (exact) mass is 357 g/mol. The van der Waals surface area contributed by atoms with Gasteiger partial charge >= 0.3 is 5.69 Å². The second-order valence-electron chi connectivity index (χ2n) is 7.29. The van der Waals surface area contributed by atoms with Gasteiger partial charge in [-0.3, -0.25) is 15.0 Å².